The Morgan fingerprint density at radius 3 is 2.77 bits per heavy atom. The van der Waals surface area contributed by atoms with Crippen LogP contribution in [0.4, 0.5) is 19.0 Å². The Kier molecular flexibility index (Phi) is 7.82. The monoisotopic (exact) mass is 612 g/mol. The Hall–Kier alpha value is -3.68. The number of anilines is 1. The number of carboxylic acids is 1. The lowest BCUT2D eigenvalue weighted by atomic mass is 9.85. The summed E-state index contributed by atoms with van der Waals surface area (Å²) in [5.41, 5.74) is 3.57. The zero-order chi connectivity index (χ0) is 30.5. The summed E-state index contributed by atoms with van der Waals surface area (Å²) < 4.78 is 57.1. The maximum Gasteiger partial charge on any atom is 0.452 e. The Labute approximate surface area is 249 Å². The molecule has 2 aliphatic rings. The number of piperidine rings is 1. The number of pyridine rings is 2. The van der Waals surface area contributed by atoms with E-state index >= 15 is 0 Å². The van der Waals surface area contributed by atoms with Crippen LogP contribution in [0, 0.1) is 13.8 Å². The third kappa shape index (κ3) is 5.56. The molecule has 13 heteroatoms. The van der Waals surface area contributed by atoms with Crippen LogP contribution in [0.1, 0.15) is 65.2 Å². The minimum Gasteiger partial charge on any atom is -0.593 e. The normalized spacial score (nSPS) is 20.0. The number of hydrogen-bond acceptors (Lipinski definition) is 7. The fraction of sp³-hybridized carbons (Fsp3) is 0.400. The highest BCUT2D eigenvalue weighted by molar-refractivity contribution is 7.89. The van der Waals surface area contributed by atoms with Gasteiger partial charge in [0.25, 0.3) is 0 Å². The Morgan fingerprint density at radius 2 is 2.00 bits per heavy atom. The lowest BCUT2D eigenvalue weighted by Crippen LogP contribution is -2.45. The number of carboxylic acid groups (broad SMARTS) is 1. The number of carbonyl (C=O) groups is 1. The van der Waals surface area contributed by atoms with Crippen molar-refractivity contribution in [3.05, 3.63) is 82.4 Å². The summed E-state index contributed by atoms with van der Waals surface area (Å²) in [5.74, 6) is -2.06. The molecule has 1 aromatic carbocycles. The summed E-state index contributed by atoms with van der Waals surface area (Å²) in [6.45, 7) is 5.43. The number of halogens is 3. The molecule has 4 aromatic rings. The van der Waals surface area contributed by atoms with E-state index in [1.807, 2.05) is 35.5 Å². The zero-order valence-electron chi connectivity index (χ0n) is 23.7. The minimum atomic E-state index is -4.68. The zero-order valence-corrected chi connectivity index (χ0v) is 24.5. The molecule has 3 atom stereocenters. The van der Waals surface area contributed by atoms with Gasteiger partial charge in [0.1, 0.15) is 0 Å². The van der Waals surface area contributed by atoms with Crippen LogP contribution in [0.25, 0.3) is 5.65 Å². The van der Waals surface area contributed by atoms with Gasteiger partial charge in [0.2, 0.25) is 10.7 Å². The summed E-state index contributed by atoms with van der Waals surface area (Å²) in [7, 11) is 0. The molecule has 0 radical (unpaired) electrons. The van der Waals surface area contributed by atoms with E-state index in [9.17, 15) is 27.6 Å². The van der Waals surface area contributed by atoms with Gasteiger partial charge >= 0.3 is 12.1 Å². The number of rotatable bonds is 6. The number of alkyl halides is 3. The first-order valence-electron chi connectivity index (χ1n) is 14.1. The Balaban J connectivity index is 1.37. The average Bonchev–Trinajstić information content (AvgIpc) is 3.39. The first kappa shape index (κ1) is 29.4. The van der Waals surface area contributed by atoms with Gasteiger partial charge in [-0.05, 0) is 73.1 Å². The summed E-state index contributed by atoms with van der Waals surface area (Å²) in [4.78, 5) is 19.6. The van der Waals surface area contributed by atoms with Gasteiger partial charge in [-0.2, -0.15) is 13.2 Å². The van der Waals surface area contributed by atoms with Crippen LogP contribution in [0.15, 0.2) is 53.7 Å². The van der Waals surface area contributed by atoms with Crippen LogP contribution in [-0.2, 0) is 28.9 Å². The van der Waals surface area contributed by atoms with Crippen LogP contribution in [0.3, 0.4) is 0 Å². The number of benzene rings is 1. The van der Waals surface area contributed by atoms with Crippen LogP contribution in [0.2, 0.25) is 0 Å². The lowest BCUT2D eigenvalue weighted by molar-refractivity contribution is -0.145. The van der Waals surface area contributed by atoms with Crippen molar-refractivity contribution in [2.75, 3.05) is 18.0 Å². The van der Waals surface area contributed by atoms with Gasteiger partial charge in [-0.1, -0.05) is 18.2 Å². The highest BCUT2D eigenvalue weighted by atomic mass is 32.2. The van der Waals surface area contributed by atoms with E-state index in [1.54, 1.807) is 19.2 Å². The molecule has 3 unspecified atom stereocenters. The largest absolute Gasteiger partial charge is 0.593 e. The Bertz CT molecular complexity index is 1680. The van der Waals surface area contributed by atoms with Gasteiger partial charge < -0.3 is 14.6 Å². The summed E-state index contributed by atoms with van der Waals surface area (Å²) >= 11 is -1.46. The molecule has 0 saturated carbocycles. The van der Waals surface area contributed by atoms with E-state index in [0.717, 1.165) is 47.2 Å². The lowest BCUT2D eigenvalue weighted by Gasteiger charge is -2.35. The minimum absolute atomic E-state index is 0.0248. The van der Waals surface area contributed by atoms with Crippen LogP contribution >= 0.6 is 0 Å². The van der Waals surface area contributed by atoms with Gasteiger partial charge in [0.05, 0.1) is 30.9 Å². The highest BCUT2D eigenvalue weighted by Crippen LogP contribution is 2.38. The maximum absolute atomic E-state index is 13.9. The summed E-state index contributed by atoms with van der Waals surface area (Å²) in [6.07, 6.45) is 1.15. The van der Waals surface area contributed by atoms with E-state index in [0.29, 0.717) is 34.7 Å². The summed E-state index contributed by atoms with van der Waals surface area (Å²) in [6, 6.07) is 11.0. The molecule has 2 aliphatic heterocycles. The second-order valence-electron chi connectivity index (χ2n) is 11.2. The molecule has 0 amide bonds. The van der Waals surface area contributed by atoms with E-state index < -0.39 is 35.2 Å². The van der Waals surface area contributed by atoms with Crippen LogP contribution in [-0.4, -0.2) is 58.6 Å². The quantitative estimate of drug-likeness (QED) is 0.294. The second-order valence-corrected chi connectivity index (χ2v) is 12.6. The highest BCUT2D eigenvalue weighted by Gasteiger charge is 2.40. The van der Waals surface area contributed by atoms with Crippen molar-refractivity contribution in [2.45, 2.75) is 69.1 Å². The van der Waals surface area contributed by atoms with Crippen molar-refractivity contribution in [1.82, 2.24) is 23.9 Å². The van der Waals surface area contributed by atoms with Crippen LogP contribution in [0.5, 0.6) is 0 Å². The van der Waals surface area contributed by atoms with E-state index in [1.165, 1.54) is 12.3 Å². The van der Waals surface area contributed by atoms with Crippen molar-refractivity contribution in [1.29, 1.82) is 0 Å². The molecule has 43 heavy (non-hydrogen) atoms. The van der Waals surface area contributed by atoms with Gasteiger partial charge in [0.15, 0.2) is 11.5 Å². The van der Waals surface area contributed by atoms with Gasteiger partial charge in [-0.3, -0.25) is 9.20 Å². The number of hydrogen-bond donors (Lipinski definition) is 1. The van der Waals surface area contributed by atoms with E-state index in [-0.39, 0.29) is 18.1 Å². The SMILES string of the molecule is Cc1ccc(C(CC(=O)O)c2ccn3c(C(F)(F)F)nnc3c2C)cc1CN1CC2CCCCN2c2ncccc2[S+]1[O-]. The third-order valence-electron chi connectivity index (χ3n) is 8.48. The first-order valence-corrected chi connectivity index (χ1v) is 15.2. The predicted octanol–water partition coefficient (Wildman–Crippen LogP) is 5.26. The van der Waals surface area contributed by atoms with Crippen LogP contribution < -0.4 is 4.90 Å². The van der Waals surface area contributed by atoms with Gasteiger partial charge in [-0.15, -0.1) is 14.5 Å². The molecular weight excluding hydrogens is 581 g/mol. The van der Waals surface area contributed by atoms with Crippen molar-refractivity contribution in [2.24, 2.45) is 0 Å². The molecule has 5 heterocycles. The smallest absolute Gasteiger partial charge is 0.452 e. The number of aromatic nitrogens is 4. The van der Waals surface area contributed by atoms with Crippen molar-refractivity contribution in [3.8, 4) is 0 Å². The molecule has 6 rings (SSSR count). The molecule has 0 bridgehead atoms. The van der Waals surface area contributed by atoms with E-state index in [2.05, 4.69) is 20.1 Å². The number of aliphatic carboxylic acids is 1. The standard InChI is InChI=1S/C30H31F3N6O3S/c1-18-8-9-20(24(15-26(40)41)23-10-13-39-27(19(23)2)35-36-29(39)30(31,32)33)14-21(18)16-37-17-22-6-3-4-12-38(22)28-25(43(37)42)7-5-11-34-28/h5,7-11,13-14,22,24H,3-4,6,12,15-17H2,1-2H3,(H,40,41). The first-order chi connectivity index (χ1) is 20.5. The fourth-order valence-corrected chi connectivity index (χ4v) is 7.65. The van der Waals surface area contributed by atoms with Gasteiger partial charge in [-0.25, -0.2) is 4.98 Å². The predicted molar refractivity (Wildman–Crippen MR) is 154 cm³/mol. The van der Waals surface area contributed by atoms with E-state index in [4.69, 9.17) is 0 Å². The Morgan fingerprint density at radius 1 is 1.19 bits per heavy atom. The number of nitrogens with zero attached hydrogens (tertiary/aromatic N) is 6. The topological polar surface area (TPSA) is 110 Å². The third-order valence-corrected chi connectivity index (χ3v) is 9.93. The van der Waals surface area contributed by atoms with Gasteiger partial charge in [0, 0.05) is 37.0 Å². The maximum atomic E-state index is 13.9. The molecule has 226 valence electrons. The molecule has 1 saturated heterocycles. The second kappa shape index (κ2) is 11.4. The van der Waals surface area contributed by atoms with Crippen molar-refractivity contribution < 1.29 is 27.6 Å². The van der Waals surface area contributed by atoms with Crippen molar-refractivity contribution in [3.63, 3.8) is 0 Å². The summed E-state index contributed by atoms with van der Waals surface area (Å²) in [5, 5.41) is 16.9. The molecule has 0 aliphatic carbocycles. The molecule has 3 aromatic heterocycles. The number of fused-ring (bicyclic) bond motifs is 4. The molecule has 1 N–H and O–H groups in total. The molecule has 0 spiro atoms. The molecular formula is C30H31F3N6O3S. The molecule has 1 fully saturated rings. The average molecular weight is 613 g/mol. The van der Waals surface area contributed by atoms with Crippen molar-refractivity contribution >= 4 is 28.8 Å². The fourth-order valence-electron chi connectivity index (χ4n) is 6.29. The number of aryl methyl sites for hydroxylation is 2. The molecule has 9 nitrogen and oxygen atoms in total.